The molecule has 0 spiro atoms. The van der Waals surface area contributed by atoms with Gasteiger partial charge in [0.25, 0.3) is 5.92 Å². The molecule has 0 fully saturated rings. The van der Waals surface area contributed by atoms with Crippen LogP contribution in [0.5, 0.6) is 0 Å². The van der Waals surface area contributed by atoms with Crippen LogP contribution < -0.4 is 5.73 Å². The van der Waals surface area contributed by atoms with Gasteiger partial charge in [-0.1, -0.05) is 0 Å². The molecule has 1 aliphatic rings. The fourth-order valence-electron chi connectivity index (χ4n) is 1.77. The monoisotopic (exact) mass is 249 g/mol. The molecular formula is C11H17F2NO3. The molecule has 3 N–H and O–H groups in total. The van der Waals surface area contributed by atoms with Crippen molar-refractivity contribution in [1.29, 1.82) is 0 Å². The van der Waals surface area contributed by atoms with Crippen molar-refractivity contribution in [3.8, 4) is 0 Å². The van der Waals surface area contributed by atoms with E-state index in [0.29, 0.717) is 12.8 Å². The lowest BCUT2D eigenvalue weighted by molar-refractivity contribution is -0.145. The molecule has 0 heterocycles. The van der Waals surface area contributed by atoms with Crippen LogP contribution in [0.2, 0.25) is 0 Å². The number of carboxylic acids is 1. The zero-order valence-corrected chi connectivity index (χ0v) is 9.71. The average molecular weight is 249 g/mol. The van der Waals surface area contributed by atoms with Gasteiger partial charge in [0.15, 0.2) is 0 Å². The molecular weight excluding hydrogens is 232 g/mol. The van der Waals surface area contributed by atoms with Crippen LogP contribution >= 0.6 is 0 Å². The molecule has 17 heavy (non-hydrogen) atoms. The van der Waals surface area contributed by atoms with Crippen molar-refractivity contribution in [3.63, 3.8) is 0 Å². The second-order valence-electron chi connectivity index (χ2n) is 4.26. The average Bonchev–Trinajstić information content (AvgIpc) is 2.25. The Kier molecular flexibility index (Phi) is 4.45. The topological polar surface area (TPSA) is 72.5 Å². The van der Waals surface area contributed by atoms with E-state index in [1.807, 2.05) is 0 Å². The third kappa shape index (κ3) is 3.96. The quantitative estimate of drug-likeness (QED) is 0.801. The summed E-state index contributed by atoms with van der Waals surface area (Å²) in [7, 11) is 0. The summed E-state index contributed by atoms with van der Waals surface area (Å²) in [4.78, 5) is 10.3. The van der Waals surface area contributed by atoms with Gasteiger partial charge in [-0.25, -0.2) is 13.6 Å². The number of nitrogens with two attached hydrogens (primary N) is 1. The maximum Gasteiger partial charge on any atom is 0.329 e. The minimum atomic E-state index is -2.92. The van der Waals surface area contributed by atoms with E-state index in [4.69, 9.17) is 15.6 Å². The number of hydrogen-bond donors (Lipinski definition) is 2. The minimum Gasteiger partial charge on any atom is -0.480 e. The van der Waals surface area contributed by atoms with E-state index in [0.717, 1.165) is 0 Å². The summed E-state index contributed by atoms with van der Waals surface area (Å²) in [6.45, 7) is 0.882. The molecule has 1 atom stereocenters. The molecule has 0 saturated heterocycles. The lowest BCUT2D eigenvalue weighted by Gasteiger charge is -2.26. The summed E-state index contributed by atoms with van der Waals surface area (Å²) in [6.07, 6.45) is 0.107. The number of aliphatic carboxylic acids is 1. The van der Waals surface area contributed by atoms with Gasteiger partial charge in [-0.15, -0.1) is 0 Å². The van der Waals surface area contributed by atoms with E-state index in [2.05, 4.69) is 0 Å². The molecule has 0 aromatic heterocycles. The van der Waals surface area contributed by atoms with Crippen LogP contribution in [-0.2, 0) is 9.53 Å². The Bertz CT molecular complexity index is 329. The Morgan fingerprint density at radius 1 is 1.59 bits per heavy atom. The van der Waals surface area contributed by atoms with E-state index in [1.165, 1.54) is 6.92 Å². The number of allylic oxidation sites excluding steroid dienone is 2. The second-order valence-corrected chi connectivity index (χ2v) is 4.26. The standard InChI is InChI=1S/C11H17F2NO3/c1-7-9(14)3-2-8(17-6-10(15)16)4-5-11(7,12)13/h8H,2-6,14H2,1H3,(H,15,16)/b9-7+. The van der Waals surface area contributed by atoms with Crippen molar-refractivity contribution >= 4 is 5.97 Å². The highest BCUT2D eigenvalue weighted by Gasteiger charge is 2.35. The highest BCUT2D eigenvalue weighted by atomic mass is 19.3. The number of hydrogen-bond acceptors (Lipinski definition) is 3. The normalized spacial score (nSPS) is 29.5. The number of halogens is 2. The molecule has 0 aliphatic heterocycles. The van der Waals surface area contributed by atoms with Crippen LogP contribution in [0.15, 0.2) is 11.3 Å². The van der Waals surface area contributed by atoms with Crippen LogP contribution in [-0.4, -0.2) is 29.7 Å². The third-order valence-electron chi connectivity index (χ3n) is 2.99. The maximum atomic E-state index is 13.6. The first-order valence-electron chi connectivity index (χ1n) is 5.50. The second kappa shape index (κ2) is 5.44. The van der Waals surface area contributed by atoms with Crippen molar-refractivity contribution in [2.24, 2.45) is 5.73 Å². The van der Waals surface area contributed by atoms with Gasteiger partial charge in [-0.3, -0.25) is 0 Å². The summed E-state index contributed by atoms with van der Waals surface area (Å²) < 4.78 is 32.1. The van der Waals surface area contributed by atoms with Crippen LogP contribution in [0.3, 0.4) is 0 Å². The summed E-state index contributed by atoms with van der Waals surface area (Å²) in [5.41, 5.74) is 5.67. The number of rotatable bonds is 3. The SMILES string of the molecule is C/C1=C(\N)CCC(OCC(=O)O)CCC1(F)F. The van der Waals surface area contributed by atoms with E-state index in [-0.39, 0.29) is 24.1 Å². The molecule has 0 aromatic carbocycles. The van der Waals surface area contributed by atoms with Crippen molar-refractivity contribution in [1.82, 2.24) is 0 Å². The van der Waals surface area contributed by atoms with E-state index in [9.17, 15) is 13.6 Å². The number of alkyl halides is 2. The van der Waals surface area contributed by atoms with Crippen molar-refractivity contribution in [2.45, 2.75) is 44.6 Å². The van der Waals surface area contributed by atoms with Crippen molar-refractivity contribution in [2.75, 3.05) is 6.61 Å². The van der Waals surface area contributed by atoms with Gasteiger partial charge in [0.2, 0.25) is 0 Å². The molecule has 98 valence electrons. The van der Waals surface area contributed by atoms with E-state index >= 15 is 0 Å². The fraction of sp³-hybridized carbons (Fsp3) is 0.727. The molecule has 0 aromatic rings. The van der Waals surface area contributed by atoms with Gasteiger partial charge in [0, 0.05) is 17.7 Å². The molecule has 6 heteroatoms. The molecule has 0 bridgehead atoms. The van der Waals surface area contributed by atoms with E-state index < -0.39 is 24.6 Å². The smallest absolute Gasteiger partial charge is 0.329 e. The zero-order chi connectivity index (χ0) is 13.1. The van der Waals surface area contributed by atoms with Crippen molar-refractivity contribution in [3.05, 3.63) is 11.3 Å². The zero-order valence-electron chi connectivity index (χ0n) is 9.71. The largest absolute Gasteiger partial charge is 0.480 e. The van der Waals surface area contributed by atoms with Crippen LogP contribution in [0.4, 0.5) is 8.78 Å². The molecule has 1 aliphatic carbocycles. The highest BCUT2D eigenvalue weighted by molar-refractivity contribution is 5.68. The third-order valence-corrected chi connectivity index (χ3v) is 2.99. The minimum absolute atomic E-state index is 0.0748. The first-order valence-corrected chi connectivity index (χ1v) is 5.50. The summed E-state index contributed by atoms with van der Waals surface area (Å²) in [5, 5.41) is 8.46. The van der Waals surface area contributed by atoms with Gasteiger partial charge < -0.3 is 15.6 Å². The Hall–Kier alpha value is -1.17. The van der Waals surface area contributed by atoms with Crippen LogP contribution in [0.25, 0.3) is 0 Å². The van der Waals surface area contributed by atoms with E-state index in [1.54, 1.807) is 0 Å². The highest BCUT2D eigenvalue weighted by Crippen LogP contribution is 2.34. The Morgan fingerprint density at radius 3 is 2.82 bits per heavy atom. The van der Waals surface area contributed by atoms with Gasteiger partial charge in [-0.05, 0) is 26.2 Å². The van der Waals surface area contributed by atoms with Gasteiger partial charge >= 0.3 is 5.97 Å². The summed E-state index contributed by atoms with van der Waals surface area (Å²) in [6, 6.07) is 0. The molecule has 1 rings (SSSR count). The van der Waals surface area contributed by atoms with Gasteiger partial charge in [0.05, 0.1) is 6.10 Å². The van der Waals surface area contributed by atoms with Gasteiger partial charge in [0.1, 0.15) is 6.61 Å². The molecule has 4 nitrogen and oxygen atoms in total. The number of carbonyl (C=O) groups is 1. The van der Waals surface area contributed by atoms with Gasteiger partial charge in [-0.2, -0.15) is 0 Å². The molecule has 0 radical (unpaired) electrons. The number of ether oxygens (including phenoxy) is 1. The molecule has 0 saturated carbocycles. The van der Waals surface area contributed by atoms with Crippen molar-refractivity contribution < 1.29 is 23.4 Å². The Morgan fingerprint density at radius 2 is 2.24 bits per heavy atom. The van der Waals surface area contributed by atoms with Crippen LogP contribution in [0, 0.1) is 0 Å². The predicted molar refractivity (Wildman–Crippen MR) is 57.7 cm³/mol. The predicted octanol–water partition coefficient (Wildman–Crippen LogP) is 1.90. The summed E-state index contributed by atoms with van der Waals surface area (Å²) in [5.74, 6) is -4.02. The fourth-order valence-corrected chi connectivity index (χ4v) is 1.77. The Labute approximate surface area is 98.4 Å². The molecule has 0 amide bonds. The van der Waals surface area contributed by atoms with Crippen LogP contribution in [0.1, 0.15) is 32.6 Å². The maximum absolute atomic E-state index is 13.6. The Balaban J connectivity index is 2.65. The summed E-state index contributed by atoms with van der Waals surface area (Å²) >= 11 is 0. The first-order chi connectivity index (χ1) is 7.83. The lowest BCUT2D eigenvalue weighted by Crippen LogP contribution is -2.29. The lowest BCUT2D eigenvalue weighted by atomic mass is 9.94. The first kappa shape index (κ1) is 13.9. The number of carboxylic acid groups (broad SMARTS) is 1. The molecule has 1 unspecified atom stereocenters.